The maximum absolute atomic E-state index is 12.6. The fourth-order valence-corrected chi connectivity index (χ4v) is 3.72. The molecule has 1 aromatic heterocycles. The number of carbonyl (C=O) groups excluding carboxylic acids is 2. The number of piperidine rings is 1. The fourth-order valence-electron chi connectivity index (χ4n) is 3.72. The quantitative estimate of drug-likeness (QED) is 0.771. The highest BCUT2D eigenvalue weighted by Crippen LogP contribution is 2.17. The highest BCUT2D eigenvalue weighted by Gasteiger charge is 2.29. The van der Waals surface area contributed by atoms with Gasteiger partial charge in [-0.15, -0.1) is 0 Å². The van der Waals surface area contributed by atoms with Crippen molar-refractivity contribution < 1.29 is 14.1 Å². The van der Waals surface area contributed by atoms with Crippen LogP contribution in [0.4, 0.5) is 4.79 Å². The first-order valence-electron chi connectivity index (χ1n) is 10.2. The minimum absolute atomic E-state index is 0.00144. The van der Waals surface area contributed by atoms with Crippen LogP contribution in [0.2, 0.25) is 0 Å². The van der Waals surface area contributed by atoms with Crippen LogP contribution in [0.25, 0.3) is 0 Å². The van der Waals surface area contributed by atoms with Crippen LogP contribution < -0.4 is 5.32 Å². The molecule has 3 amide bonds. The lowest BCUT2D eigenvalue weighted by Crippen LogP contribution is -2.54. The monoisotopic (exact) mass is 399 g/mol. The molecule has 1 aliphatic heterocycles. The van der Waals surface area contributed by atoms with Gasteiger partial charge in [-0.1, -0.05) is 35.5 Å². The van der Waals surface area contributed by atoms with Crippen molar-refractivity contribution in [1.29, 1.82) is 0 Å². The molecule has 8 nitrogen and oxygen atoms in total. The van der Waals surface area contributed by atoms with Crippen molar-refractivity contribution in [3.05, 3.63) is 47.6 Å². The Labute approximate surface area is 171 Å². The van der Waals surface area contributed by atoms with Gasteiger partial charge in [0.15, 0.2) is 5.82 Å². The zero-order valence-corrected chi connectivity index (χ0v) is 17.1. The van der Waals surface area contributed by atoms with E-state index in [2.05, 4.69) is 27.6 Å². The molecule has 2 heterocycles. The summed E-state index contributed by atoms with van der Waals surface area (Å²) in [6, 6.07) is 10.0. The van der Waals surface area contributed by atoms with E-state index >= 15 is 0 Å². The average Bonchev–Trinajstić information content (AvgIpc) is 3.14. The van der Waals surface area contributed by atoms with E-state index in [4.69, 9.17) is 4.52 Å². The van der Waals surface area contributed by atoms with Crippen LogP contribution in [-0.4, -0.2) is 64.1 Å². The molecule has 29 heavy (non-hydrogen) atoms. The fraction of sp³-hybridized carbons (Fsp3) is 0.524. The number of nitrogens with zero attached hydrogens (tertiary/aromatic N) is 4. The highest BCUT2D eigenvalue weighted by atomic mass is 16.5. The van der Waals surface area contributed by atoms with Crippen molar-refractivity contribution in [2.24, 2.45) is 0 Å². The van der Waals surface area contributed by atoms with Crippen LogP contribution in [0.3, 0.4) is 0 Å². The van der Waals surface area contributed by atoms with E-state index < -0.39 is 0 Å². The first-order chi connectivity index (χ1) is 14.0. The predicted molar refractivity (Wildman–Crippen MR) is 108 cm³/mol. The summed E-state index contributed by atoms with van der Waals surface area (Å²) in [7, 11) is 0. The van der Waals surface area contributed by atoms with E-state index in [1.54, 1.807) is 13.8 Å². The van der Waals surface area contributed by atoms with Gasteiger partial charge in [0.25, 0.3) is 0 Å². The van der Waals surface area contributed by atoms with Gasteiger partial charge in [0, 0.05) is 52.5 Å². The molecule has 0 bridgehead atoms. The zero-order chi connectivity index (χ0) is 20.6. The topological polar surface area (TPSA) is 91.6 Å². The molecule has 2 aromatic rings. The molecule has 0 radical (unpaired) electrons. The van der Waals surface area contributed by atoms with Crippen molar-refractivity contribution in [3.63, 3.8) is 0 Å². The smallest absolute Gasteiger partial charge is 0.317 e. The summed E-state index contributed by atoms with van der Waals surface area (Å²) in [4.78, 5) is 32.6. The maximum atomic E-state index is 12.6. The molecule has 0 aliphatic carbocycles. The predicted octanol–water partition coefficient (Wildman–Crippen LogP) is 2.19. The van der Waals surface area contributed by atoms with Gasteiger partial charge in [-0.25, -0.2) is 4.79 Å². The molecular formula is C21H29N5O3. The standard InChI is InChI=1S/C21H29N5O3/c1-16-23-20(24-29-16)11-14-26(17(2)27)19-9-6-13-25(15-19)21(28)22-12-10-18-7-4-3-5-8-18/h3-5,7-8,19H,6,9-15H2,1-2H3,(H,22,28). The first-order valence-corrected chi connectivity index (χ1v) is 10.2. The number of aryl methyl sites for hydroxylation is 1. The summed E-state index contributed by atoms with van der Waals surface area (Å²) in [5, 5.41) is 6.90. The van der Waals surface area contributed by atoms with Crippen molar-refractivity contribution >= 4 is 11.9 Å². The number of hydrogen-bond donors (Lipinski definition) is 1. The number of hydrogen-bond acceptors (Lipinski definition) is 5. The van der Waals surface area contributed by atoms with Crippen LogP contribution in [-0.2, 0) is 17.6 Å². The van der Waals surface area contributed by atoms with Gasteiger partial charge in [0.1, 0.15) is 0 Å². The van der Waals surface area contributed by atoms with Crippen molar-refractivity contribution in [2.45, 2.75) is 45.6 Å². The normalized spacial score (nSPS) is 16.5. The summed E-state index contributed by atoms with van der Waals surface area (Å²) in [6.45, 7) is 5.68. The average molecular weight is 399 g/mol. The molecule has 8 heteroatoms. The Morgan fingerprint density at radius 2 is 2.07 bits per heavy atom. The molecule has 1 aliphatic rings. The third-order valence-corrected chi connectivity index (χ3v) is 5.21. The lowest BCUT2D eigenvalue weighted by Gasteiger charge is -2.39. The number of likely N-dealkylation sites (tertiary alicyclic amines) is 1. The van der Waals surface area contributed by atoms with Gasteiger partial charge in [-0.2, -0.15) is 4.98 Å². The van der Waals surface area contributed by atoms with Crippen LogP contribution >= 0.6 is 0 Å². The van der Waals surface area contributed by atoms with Gasteiger partial charge >= 0.3 is 6.03 Å². The van der Waals surface area contributed by atoms with Crippen LogP contribution in [0, 0.1) is 6.92 Å². The van der Waals surface area contributed by atoms with Crippen molar-refractivity contribution in [3.8, 4) is 0 Å². The largest absolute Gasteiger partial charge is 0.340 e. The summed E-state index contributed by atoms with van der Waals surface area (Å²) >= 11 is 0. The van der Waals surface area contributed by atoms with E-state index in [0.717, 1.165) is 19.3 Å². The molecule has 0 spiro atoms. The molecule has 1 atom stereocenters. The van der Waals surface area contributed by atoms with Gasteiger partial charge in [-0.3, -0.25) is 4.79 Å². The van der Waals surface area contributed by atoms with E-state index in [0.29, 0.717) is 44.3 Å². The minimum atomic E-state index is -0.0667. The number of benzene rings is 1. The molecule has 1 aromatic carbocycles. The van der Waals surface area contributed by atoms with E-state index in [9.17, 15) is 9.59 Å². The molecule has 1 N–H and O–H groups in total. The molecule has 1 unspecified atom stereocenters. The van der Waals surface area contributed by atoms with Gasteiger partial charge < -0.3 is 19.6 Å². The molecular weight excluding hydrogens is 370 g/mol. The molecule has 3 rings (SSSR count). The van der Waals surface area contributed by atoms with Crippen LogP contribution in [0.15, 0.2) is 34.9 Å². The third kappa shape index (κ3) is 6.04. The van der Waals surface area contributed by atoms with Gasteiger partial charge in [0.05, 0.1) is 0 Å². The third-order valence-electron chi connectivity index (χ3n) is 5.21. The molecule has 156 valence electrons. The Balaban J connectivity index is 1.50. The SMILES string of the molecule is CC(=O)N(CCc1noc(C)n1)C1CCCN(C(=O)NCCc2ccccc2)C1. The van der Waals surface area contributed by atoms with Crippen LogP contribution in [0.1, 0.15) is 37.0 Å². The Morgan fingerprint density at radius 1 is 1.28 bits per heavy atom. The number of aromatic nitrogens is 2. The maximum Gasteiger partial charge on any atom is 0.317 e. The second kappa shape index (κ2) is 10.0. The number of rotatable bonds is 7. The molecule has 0 saturated carbocycles. The van der Waals surface area contributed by atoms with E-state index in [-0.39, 0.29) is 18.0 Å². The zero-order valence-electron chi connectivity index (χ0n) is 17.1. The number of urea groups is 1. The number of nitrogens with one attached hydrogen (secondary N) is 1. The summed E-state index contributed by atoms with van der Waals surface area (Å²) in [5.41, 5.74) is 1.20. The lowest BCUT2D eigenvalue weighted by atomic mass is 10.0. The second-order valence-corrected chi connectivity index (χ2v) is 7.40. The Kier molecular flexibility index (Phi) is 7.21. The first kappa shape index (κ1) is 20.8. The summed E-state index contributed by atoms with van der Waals surface area (Å²) in [5.74, 6) is 1.12. The Bertz CT molecular complexity index is 808. The summed E-state index contributed by atoms with van der Waals surface area (Å²) < 4.78 is 5.00. The molecule has 1 saturated heterocycles. The second-order valence-electron chi connectivity index (χ2n) is 7.40. The van der Waals surface area contributed by atoms with E-state index in [1.807, 2.05) is 28.0 Å². The number of carbonyl (C=O) groups is 2. The summed E-state index contributed by atoms with van der Waals surface area (Å²) in [6.07, 6.45) is 3.10. The minimum Gasteiger partial charge on any atom is -0.340 e. The molecule has 1 fully saturated rings. The van der Waals surface area contributed by atoms with E-state index in [1.165, 1.54) is 5.56 Å². The Morgan fingerprint density at radius 3 is 2.76 bits per heavy atom. The van der Waals surface area contributed by atoms with Gasteiger partial charge in [-0.05, 0) is 24.8 Å². The van der Waals surface area contributed by atoms with Crippen molar-refractivity contribution in [1.82, 2.24) is 25.3 Å². The van der Waals surface area contributed by atoms with Crippen molar-refractivity contribution in [2.75, 3.05) is 26.2 Å². The lowest BCUT2D eigenvalue weighted by molar-refractivity contribution is -0.132. The van der Waals surface area contributed by atoms with Crippen LogP contribution in [0.5, 0.6) is 0 Å². The number of amides is 3. The highest BCUT2D eigenvalue weighted by molar-refractivity contribution is 5.75. The Hall–Kier alpha value is -2.90. The van der Waals surface area contributed by atoms with Gasteiger partial charge in [0.2, 0.25) is 11.8 Å².